The van der Waals surface area contributed by atoms with Crippen molar-refractivity contribution in [2.45, 2.75) is 32.2 Å². The van der Waals surface area contributed by atoms with Gasteiger partial charge in [0, 0.05) is 23.6 Å². The van der Waals surface area contributed by atoms with Gasteiger partial charge < -0.3 is 5.32 Å². The summed E-state index contributed by atoms with van der Waals surface area (Å²) in [6.45, 7) is 2.17. The van der Waals surface area contributed by atoms with Crippen molar-refractivity contribution in [3.05, 3.63) is 39.9 Å². The van der Waals surface area contributed by atoms with Crippen LogP contribution in [0.15, 0.2) is 24.3 Å². The van der Waals surface area contributed by atoms with Crippen LogP contribution in [0, 0.1) is 27.4 Å². The van der Waals surface area contributed by atoms with E-state index in [1.165, 1.54) is 25.0 Å². The number of nitriles is 1. The zero-order valence-electron chi connectivity index (χ0n) is 12.2. The third kappa shape index (κ3) is 2.70. The van der Waals surface area contributed by atoms with E-state index in [2.05, 4.69) is 23.3 Å². The smallest absolute Gasteiger partial charge is 0.270 e. The van der Waals surface area contributed by atoms with Gasteiger partial charge in [0.2, 0.25) is 0 Å². The van der Waals surface area contributed by atoms with Crippen LogP contribution in [-0.4, -0.2) is 15.9 Å². The molecule has 2 unspecified atom stereocenters. The van der Waals surface area contributed by atoms with E-state index >= 15 is 0 Å². The van der Waals surface area contributed by atoms with Gasteiger partial charge in [-0.3, -0.25) is 10.1 Å². The van der Waals surface area contributed by atoms with Gasteiger partial charge in [-0.15, -0.1) is 0 Å². The molecule has 1 aromatic carbocycles. The number of aromatic nitrogens is 1. The topological polar surface area (TPSA) is 91.8 Å². The molecule has 3 rings (SSSR count). The number of non-ortho nitro benzene ring substituents is 1. The summed E-state index contributed by atoms with van der Waals surface area (Å²) in [6.07, 6.45) is 3.50. The molecule has 6 nitrogen and oxygen atoms in total. The molecule has 0 amide bonds. The number of nitrogens with one attached hydrogen (secondary N) is 1. The van der Waals surface area contributed by atoms with Crippen molar-refractivity contribution in [3.63, 3.8) is 0 Å². The maximum absolute atomic E-state index is 10.9. The van der Waals surface area contributed by atoms with E-state index in [0.29, 0.717) is 34.2 Å². The van der Waals surface area contributed by atoms with Crippen molar-refractivity contribution < 1.29 is 4.92 Å². The minimum Gasteiger partial charge on any atom is -0.367 e. The van der Waals surface area contributed by atoms with Gasteiger partial charge in [-0.2, -0.15) is 5.26 Å². The zero-order chi connectivity index (χ0) is 15.7. The highest BCUT2D eigenvalue weighted by Crippen LogP contribution is 2.37. The predicted octanol–water partition coefficient (Wildman–Crippen LogP) is 3.62. The van der Waals surface area contributed by atoms with Crippen LogP contribution in [0.3, 0.4) is 0 Å². The highest BCUT2D eigenvalue weighted by Gasteiger charge is 2.36. The fourth-order valence-corrected chi connectivity index (χ4v) is 2.80. The largest absolute Gasteiger partial charge is 0.367 e. The monoisotopic (exact) mass is 296 g/mol. The standard InChI is InChI=1S/C16H16N4O2/c1-2-3-10-6-15(10)19-16-7-11(9-17)13-8-12(20(21)22)4-5-14(13)18-16/h4-5,7-8,10,15H,2-3,6H2,1H3,(H,18,19). The van der Waals surface area contributed by atoms with Crippen molar-refractivity contribution in [1.29, 1.82) is 5.26 Å². The second-order valence-electron chi connectivity index (χ2n) is 5.66. The van der Waals surface area contributed by atoms with Gasteiger partial charge >= 0.3 is 0 Å². The molecular formula is C16H16N4O2. The average Bonchev–Trinajstić information content (AvgIpc) is 3.23. The molecule has 22 heavy (non-hydrogen) atoms. The van der Waals surface area contributed by atoms with Crippen LogP contribution in [0.4, 0.5) is 11.5 Å². The highest BCUT2D eigenvalue weighted by atomic mass is 16.6. The predicted molar refractivity (Wildman–Crippen MR) is 83.5 cm³/mol. The molecule has 1 aliphatic rings. The molecule has 0 bridgehead atoms. The van der Waals surface area contributed by atoms with Crippen LogP contribution in [-0.2, 0) is 0 Å². The van der Waals surface area contributed by atoms with Gasteiger partial charge in [0.15, 0.2) is 0 Å². The molecule has 1 aliphatic carbocycles. The summed E-state index contributed by atoms with van der Waals surface area (Å²) in [4.78, 5) is 14.9. The molecule has 0 radical (unpaired) electrons. The molecule has 1 aromatic heterocycles. The SMILES string of the molecule is CCCC1CC1Nc1cc(C#N)c2cc([N+](=O)[O-])ccc2n1. The van der Waals surface area contributed by atoms with E-state index in [4.69, 9.17) is 0 Å². The van der Waals surface area contributed by atoms with Crippen molar-refractivity contribution >= 4 is 22.4 Å². The van der Waals surface area contributed by atoms with Crippen LogP contribution < -0.4 is 5.32 Å². The highest BCUT2D eigenvalue weighted by molar-refractivity contribution is 5.88. The molecule has 6 heteroatoms. The summed E-state index contributed by atoms with van der Waals surface area (Å²) >= 11 is 0. The normalized spacial score (nSPS) is 19.6. The van der Waals surface area contributed by atoms with Gasteiger partial charge in [-0.1, -0.05) is 13.3 Å². The van der Waals surface area contributed by atoms with Gasteiger partial charge in [0.1, 0.15) is 5.82 Å². The Morgan fingerprint density at radius 3 is 3.00 bits per heavy atom. The molecule has 0 saturated heterocycles. The van der Waals surface area contributed by atoms with Crippen LogP contribution in [0.5, 0.6) is 0 Å². The number of anilines is 1. The first-order valence-corrected chi connectivity index (χ1v) is 7.38. The van der Waals surface area contributed by atoms with E-state index in [0.717, 1.165) is 6.42 Å². The summed E-state index contributed by atoms with van der Waals surface area (Å²) in [5, 5.41) is 24.0. The van der Waals surface area contributed by atoms with Gasteiger partial charge in [0.25, 0.3) is 5.69 Å². The van der Waals surface area contributed by atoms with Crippen molar-refractivity contribution in [2.24, 2.45) is 5.92 Å². The fraction of sp³-hybridized carbons (Fsp3) is 0.375. The lowest BCUT2D eigenvalue weighted by molar-refractivity contribution is -0.384. The molecule has 0 aliphatic heterocycles. The van der Waals surface area contributed by atoms with Crippen LogP contribution in [0.1, 0.15) is 31.7 Å². The van der Waals surface area contributed by atoms with Crippen molar-refractivity contribution in [3.8, 4) is 6.07 Å². The van der Waals surface area contributed by atoms with E-state index in [1.54, 1.807) is 12.1 Å². The summed E-state index contributed by atoms with van der Waals surface area (Å²) in [6, 6.07) is 8.61. The summed E-state index contributed by atoms with van der Waals surface area (Å²) in [7, 11) is 0. The molecule has 0 spiro atoms. The number of rotatable bonds is 5. The molecule has 2 atom stereocenters. The number of nitrogens with zero attached hydrogens (tertiary/aromatic N) is 3. The minimum atomic E-state index is -0.466. The number of fused-ring (bicyclic) bond motifs is 1. The molecule has 1 N–H and O–H groups in total. The average molecular weight is 296 g/mol. The van der Waals surface area contributed by atoms with E-state index < -0.39 is 4.92 Å². The first-order chi connectivity index (χ1) is 10.6. The summed E-state index contributed by atoms with van der Waals surface area (Å²) < 4.78 is 0. The quantitative estimate of drug-likeness (QED) is 0.672. The van der Waals surface area contributed by atoms with Crippen LogP contribution in [0.2, 0.25) is 0 Å². The molecule has 1 fully saturated rings. The summed E-state index contributed by atoms with van der Waals surface area (Å²) in [5.74, 6) is 1.35. The first kappa shape index (κ1) is 14.3. The van der Waals surface area contributed by atoms with Crippen LogP contribution >= 0.6 is 0 Å². The molecule has 1 saturated carbocycles. The maximum atomic E-state index is 10.9. The molecule has 1 heterocycles. The van der Waals surface area contributed by atoms with Gasteiger partial charge in [-0.25, -0.2) is 4.98 Å². The zero-order valence-corrected chi connectivity index (χ0v) is 12.2. The number of hydrogen-bond donors (Lipinski definition) is 1. The Kier molecular flexibility index (Phi) is 3.63. The minimum absolute atomic E-state index is 0.0308. The third-order valence-electron chi connectivity index (χ3n) is 4.04. The van der Waals surface area contributed by atoms with Crippen molar-refractivity contribution in [1.82, 2.24) is 4.98 Å². The van der Waals surface area contributed by atoms with E-state index in [9.17, 15) is 15.4 Å². The number of nitro groups is 1. The fourth-order valence-electron chi connectivity index (χ4n) is 2.80. The lowest BCUT2D eigenvalue weighted by atomic mass is 10.1. The lowest BCUT2D eigenvalue weighted by Gasteiger charge is -2.08. The second-order valence-corrected chi connectivity index (χ2v) is 5.66. The second kappa shape index (κ2) is 5.60. The van der Waals surface area contributed by atoms with Gasteiger partial charge in [-0.05, 0) is 30.9 Å². The Labute approximate surface area is 127 Å². The first-order valence-electron chi connectivity index (χ1n) is 7.38. The van der Waals surface area contributed by atoms with E-state index in [1.807, 2.05) is 0 Å². The molecular weight excluding hydrogens is 280 g/mol. The lowest BCUT2D eigenvalue weighted by Crippen LogP contribution is -2.06. The van der Waals surface area contributed by atoms with E-state index in [-0.39, 0.29) is 5.69 Å². The van der Waals surface area contributed by atoms with Crippen molar-refractivity contribution in [2.75, 3.05) is 5.32 Å². The van der Waals surface area contributed by atoms with Crippen LogP contribution in [0.25, 0.3) is 10.9 Å². The Bertz CT molecular complexity index is 782. The molecule has 112 valence electrons. The Hall–Kier alpha value is -2.68. The summed E-state index contributed by atoms with van der Waals surface area (Å²) in [5.41, 5.74) is 0.973. The number of nitro benzene ring substituents is 1. The number of pyridine rings is 1. The third-order valence-corrected chi connectivity index (χ3v) is 4.04. The van der Waals surface area contributed by atoms with Gasteiger partial charge in [0.05, 0.1) is 22.1 Å². The Balaban J connectivity index is 1.92. The Morgan fingerprint density at radius 1 is 1.50 bits per heavy atom. The Morgan fingerprint density at radius 2 is 2.32 bits per heavy atom. The molecule has 2 aromatic rings. The number of hydrogen-bond acceptors (Lipinski definition) is 5. The maximum Gasteiger partial charge on any atom is 0.270 e. The number of benzene rings is 1.